The van der Waals surface area contributed by atoms with Gasteiger partial charge in [0.1, 0.15) is 5.02 Å². The molecule has 4 N–H and O–H groups in total. The number of nitrogens with zero attached hydrogens (tertiary/aromatic N) is 2. The van der Waals surface area contributed by atoms with Gasteiger partial charge in [0.2, 0.25) is 11.9 Å². The van der Waals surface area contributed by atoms with Crippen LogP contribution in [-0.4, -0.2) is 27.7 Å². The van der Waals surface area contributed by atoms with E-state index < -0.39 is 5.91 Å². The fourth-order valence-corrected chi connectivity index (χ4v) is 3.86. The topological polar surface area (TPSA) is 110 Å². The summed E-state index contributed by atoms with van der Waals surface area (Å²) in [6.07, 6.45) is 7.49. The molecule has 0 aliphatic heterocycles. The molecule has 2 atom stereocenters. The number of allylic oxidation sites excluding steroid dienone is 1. The normalized spacial score (nSPS) is 18.5. The third-order valence-electron chi connectivity index (χ3n) is 5.43. The van der Waals surface area contributed by atoms with Crippen molar-refractivity contribution >= 4 is 40.7 Å². The minimum absolute atomic E-state index is 0.0506. The van der Waals surface area contributed by atoms with Crippen molar-refractivity contribution in [1.29, 1.82) is 0 Å². The Morgan fingerprint density at radius 1 is 1.33 bits per heavy atom. The minimum atomic E-state index is -0.505. The Bertz CT molecular complexity index is 963. The maximum atomic E-state index is 11.9. The highest BCUT2D eigenvalue weighted by Gasteiger charge is 2.27. The van der Waals surface area contributed by atoms with Gasteiger partial charge in [-0.25, -0.2) is 4.98 Å². The number of ketones is 1. The molecule has 158 valence electrons. The van der Waals surface area contributed by atoms with Gasteiger partial charge in [0.25, 0.3) is 0 Å². The van der Waals surface area contributed by atoms with Crippen LogP contribution in [-0.2, 0) is 4.79 Å². The summed E-state index contributed by atoms with van der Waals surface area (Å²) < 4.78 is 0. The summed E-state index contributed by atoms with van der Waals surface area (Å²) in [6, 6.07) is 5.25. The highest BCUT2D eigenvalue weighted by Crippen LogP contribution is 2.32. The molecule has 0 bridgehead atoms. The van der Waals surface area contributed by atoms with Crippen LogP contribution in [0.25, 0.3) is 0 Å². The van der Waals surface area contributed by atoms with E-state index in [9.17, 15) is 9.59 Å². The third-order valence-corrected chi connectivity index (χ3v) is 5.71. The van der Waals surface area contributed by atoms with Crippen LogP contribution in [0.15, 0.2) is 37.1 Å². The smallest absolute Gasteiger partial charge is 0.248 e. The van der Waals surface area contributed by atoms with Gasteiger partial charge >= 0.3 is 0 Å². The molecular weight excluding hydrogens is 402 g/mol. The van der Waals surface area contributed by atoms with Gasteiger partial charge in [-0.3, -0.25) is 9.59 Å². The molecule has 1 aromatic heterocycles. The van der Waals surface area contributed by atoms with Gasteiger partial charge in [-0.05, 0) is 49.5 Å². The van der Waals surface area contributed by atoms with E-state index in [0.717, 1.165) is 31.2 Å². The SMILES string of the molecule is C=CC(=O)CC1CCCCC1Nc1nc(Nc2cc(C(N)=O)ccc2C)ncc1Cl. The van der Waals surface area contributed by atoms with Gasteiger partial charge in [-0.15, -0.1) is 0 Å². The first kappa shape index (κ1) is 21.8. The number of rotatable bonds is 8. The number of nitrogens with one attached hydrogen (secondary N) is 2. The van der Waals surface area contributed by atoms with E-state index in [1.54, 1.807) is 18.2 Å². The summed E-state index contributed by atoms with van der Waals surface area (Å²) in [5.41, 5.74) is 7.38. The van der Waals surface area contributed by atoms with Gasteiger partial charge in [-0.2, -0.15) is 4.98 Å². The van der Waals surface area contributed by atoms with Crippen LogP contribution < -0.4 is 16.4 Å². The Balaban J connectivity index is 1.80. The summed E-state index contributed by atoms with van der Waals surface area (Å²) >= 11 is 6.34. The second-order valence-electron chi connectivity index (χ2n) is 7.58. The lowest BCUT2D eigenvalue weighted by Gasteiger charge is -2.32. The van der Waals surface area contributed by atoms with Crippen molar-refractivity contribution in [3.63, 3.8) is 0 Å². The van der Waals surface area contributed by atoms with Crippen molar-refractivity contribution in [2.45, 2.75) is 45.1 Å². The fourth-order valence-electron chi connectivity index (χ4n) is 3.72. The fraction of sp³-hybridized carbons (Fsp3) is 0.364. The zero-order valence-corrected chi connectivity index (χ0v) is 17.7. The maximum absolute atomic E-state index is 11.9. The molecule has 0 spiro atoms. The zero-order valence-electron chi connectivity index (χ0n) is 17.0. The monoisotopic (exact) mass is 427 g/mol. The first-order valence-corrected chi connectivity index (χ1v) is 10.4. The Kier molecular flexibility index (Phi) is 7.05. The van der Waals surface area contributed by atoms with E-state index in [0.29, 0.717) is 34.5 Å². The van der Waals surface area contributed by atoms with Crippen LogP contribution in [0.4, 0.5) is 17.5 Å². The number of anilines is 3. The Hall–Kier alpha value is -2.93. The zero-order chi connectivity index (χ0) is 21.7. The molecule has 1 aromatic carbocycles. The first-order valence-electron chi connectivity index (χ1n) is 9.99. The first-order chi connectivity index (χ1) is 14.4. The van der Waals surface area contributed by atoms with Crippen LogP contribution in [0, 0.1) is 12.8 Å². The molecule has 1 aliphatic rings. The molecule has 1 amide bonds. The number of amides is 1. The molecule has 1 heterocycles. The standard InChI is InChI=1S/C22H26ClN5O2/c1-3-16(29)10-14-6-4-5-7-18(14)26-21-17(23)12-25-22(28-21)27-19-11-15(20(24)30)9-8-13(19)2/h3,8-9,11-12,14,18H,1,4-7,10H2,2H3,(H2,24,30)(H2,25,26,27,28). The van der Waals surface area contributed by atoms with Gasteiger partial charge in [-0.1, -0.05) is 37.1 Å². The molecule has 1 fully saturated rings. The van der Waals surface area contributed by atoms with E-state index in [-0.39, 0.29) is 17.7 Å². The van der Waals surface area contributed by atoms with E-state index >= 15 is 0 Å². The molecule has 1 saturated carbocycles. The Labute approximate surface area is 181 Å². The quantitative estimate of drug-likeness (QED) is 0.538. The average Bonchev–Trinajstić information content (AvgIpc) is 2.73. The highest BCUT2D eigenvalue weighted by atomic mass is 35.5. The summed E-state index contributed by atoms with van der Waals surface area (Å²) in [7, 11) is 0. The number of aromatic nitrogens is 2. The Morgan fingerprint density at radius 3 is 2.83 bits per heavy atom. The van der Waals surface area contributed by atoms with Gasteiger partial charge in [0.05, 0.1) is 6.20 Å². The van der Waals surface area contributed by atoms with E-state index in [2.05, 4.69) is 27.2 Å². The molecule has 1 aliphatic carbocycles. The minimum Gasteiger partial charge on any atom is -0.366 e. The number of aryl methyl sites for hydroxylation is 1. The van der Waals surface area contributed by atoms with E-state index in [1.807, 2.05) is 6.92 Å². The van der Waals surface area contributed by atoms with Crippen LogP contribution in [0.2, 0.25) is 5.02 Å². The second-order valence-corrected chi connectivity index (χ2v) is 7.99. The molecule has 2 aromatic rings. The lowest BCUT2D eigenvalue weighted by Crippen LogP contribution is -2.34. The number of nitrogens with two attached hydrogens (primary N) is 1. The van der Waals surface area contributed by atoms with Crippen molar-refractivity contribution < 1.29 is 9.59 Å². The maximum Gasteiger partial charge on any atom is 0.248 e. The number of hydrogen-bond donors (Lipinski definition) is 3. The number of benzene rings is 1. The van der Waals surface area contributed by atoms with Gasteiger partial charge in [0, 0.05) is 23.7 Å². The number of halogens is 1. The lowest BCUT2D eigenvalue weighted by molar-refractivity contribution is -0.115. The van der Waals surface area contributed by atoms with Crippen molar-refractivity contribution in [3.8, 4) is 0 Å². The molecule has 2 unspecified atom stereocenters. The van der Waals surface area contributed by atoms with Crippen LogP contribution in [0.5, 0.6) is 0 Å². The molecule has 0 saturated heterocycles. The molecule has 30 heavy (non-hydrogen) atoms. The lowest BCUT2D eigenvalue weighted by atomic mass is 9.81. The molecule has 7 nitrogen and oxygen atoms in total. The number of hydrogen-bond acceptors (Lipinski definition) is 6. The Morgan fingerprint density at radius 2 is 2.10 bits per heavy atom. The molecule has 8 heteroatoms. The molecular formula is C22H26ClN5O2. The van der Waals surface area contributed by atoms with E-state index in [1.165, 1.54) is 12.3 Å². The number of carbonyl (C=O) groups excluding carboxylic acids is 2. The van der Waals surface area contributed by atoms with Crippen LogP contribution in [0.3, 0.4) is 0 Å². The van der Waals surface area contributed by atoms with E-state index in [4.69, 9.17) is 17.3 Å². The van der Waals surface area contributed by atoms with Crippen LogP contribution >= 0.6 is 11.6 Å². The van der Waals surface area contributed by atoms with Crippen molar-refractivity contribution in [3.05, 3.63) is 53.2 Å². The predicted octanol–water partition coefficient (Wildman–Crippen LogP) is 4.40. The number of primary amides is 1. The third kappa shape index (κ3) is 5.36. The summed E-state index contributed by atoms with van der Waals surface area (Å²) in [4.78, 5) is 32.1. The molecule has 3 rings (SSSR count). The summed E-state index contributed by atoms with van der Waals surface area (Å²) in [5, 5.41) is 6.95. The average molecular weight is 428 g/mol. The number of carbonyl (C=O) groups is 2. The summed E-state index contributed by atoms with van der Waals surface area (Å²) in [5.74, 6) is 0.618. The largest absolute Gasteiger partial charge is 0.366 e. The van der Waals surface area contributed by atoms with Crippen molar-refractivity contribution in [1.82, 2.24) is 9.97 Å². The van der Waals surface area contributed by atoms with Crippen molar-refractivity contribution in [2.75, 3.05) is 10.6 Å². The van der Waals surface area contributed by atoms with Gasteiger partial charge in [0.15, 0.2) is 11.6 Å². The second kappa shape index (κ2) is 9.71. The highest BCUT2D eigenvalue weighted by molar-refractivity contribution is 6.32. The van der Waals surface area contributed by atoms with Crippen LogP contribution in [0.1, 0.15) is 48.0 Å². The van der Waals surface area contributed by atoms with Gasteiger partial charge < -0.3 is 16.4 Å². The predicted molar refractivity (Wildman–Crippen MR) is 119 cm³/mol. The molecule has 0 radical (unpaired) electrons. The van der Waals surface area contributed by atoms with Crippen molar-refractivity contribution in [2.24, 2.45) is 11.7 Å². The summed E-state index contributed by atoms with van der Waals surface area (Å²) in [6.45, 7) is 5.48.